The van der Waals surface area contributed by atoms with E-state index in [0.717, 1.165) is 0 Å². The van der Waals surface area contributed by atoms with E-state index in [9.17, 15) is 4.79 Å². The molecular weight excluding hydrogens is 220 g/mol. The summed E-state index contributed by atoms with van der Waals surface area (Å²) in [6.07, 6.45) is 7.64. The molecule has 0 aliphatic heterocycles. The number of anilines is 1. The molecule has 0 atom stereocenters. The van der Waals surface area contributed by atoms with Gasteiger partial charge in [-0.1, -0.05) is 0 Å². The first-order valence-electron chi connectivity index (χ1n) is 5.08. The fraction of sp³-hybridized carbons (Fsp3) is 0.200. The van der Waals surface area contributed by atoms with Gasteiger partial charge in [-0.2, -0.15) is 0 Å². The van der Waals surface area contributed by atoms with Crippen molar-refractivity contribution < 1.29 is 4.79 Å². The Hall–Kier alpha value is -2.28. The van der Waals surface area contributed by atoms with E-state index in [0.29, 0.717) is 24.5 Å². The Labute approximate surface area is 97.7 Å². The summed E-state index contributed by atoms with van der Waals surface area (Å²) in [6, 6.07) is 0. The highest BCUT2D eigenvalue weighted by Crippen LogP contribution is 2.04. The maximum atomic E-state index is 11.8. The number of nitrogens with one attached hydrogen (secondary N) is 1. The molecular formula is C10H12N6O. The van der Waals surface area contributed by atoms with Gasteiger partial charge < -0.3 is 15.6 Å². The monoisotopic (exact) mass is 232 g/mol. The van der Waals surface area contributed by atoms with Crippen molar-refractivity contribution in [1.82, 2.24) is 19.5 Å². The zero-order valence-corrected chi connectivity index (χ0v) is 9.08. The first-order chi connectivity index (χ1) is 8.29. The average Bonchev–Trinajstić information content (AvgIpc) is 2.79. The van der Waals surface area contributed by atoms with Gasteiger partial charge in [0.2, 0.25) is 0 Å². The van der Waals surface area contributed by atoms with Crippen LogP contribution in [0.3, 0.4) is 0 Å². The van der Waals surface area contributed by atoms with Crippen LogP contribution < -0.4 is 11.1 Å². The Balaban J connectivity index is 2.04. The molecule has 7 nitrogen and oxygen atoms in total. The Morgan fingerprint density at radius 3 is 2.88 bits per heavy atom. The third kappa shape index (κ3) is 2.85. The van der Waals surface area contributed by atoms with E-state index in [4.69, 9.17) is 5.73 Å². The highest BCUT2D eigenvalue weighted by Gasteiger charge is 2.09. The van der Waals surface area contributed by atoms with Crippen molar-refractivity contribution in [2.45, 2.75) is 6.54 Å². The zero-order chi connectivity index (χ0) is 12.1. The normalized spacial score (nSPS) is 10.2. The number of carbonyl (C=O) groups excluding carboxylic acids is 1. The minimum atomic E-state index is -0.296. The lowest BCUT2D eigenvalue weighted by Gasteiger charge is -2.00. The molecule has 2 heterocycles. The number of nitrogens with zero attached hydrogens (tertiary/aromatic N) is 4. The van der Waals surface area contributed by atoms with Crippen LogP contribution in [0.1, 0.15) is 10.5 Å². The predicted molar refractivity (Wildman–Crippen MR) is 61.3 cm³/mol. The van der Waals surface area contributed by atoms with Crippen LogP contribution in [0, 0.1) is 0 Å². The van der Waals surface area contributed by atoms with Crippen LogP contribution in [0.5, 0.6) is 0 Å². The third-order valence-electron chi connectivity index (χ3n) is 2.07. The third-order valence-corrected chi connectivity index (χ3v) is 2.07. The van der Waals surface area contributed by atoms with E-state index in [1.807, 2.05) is 0 Å². The number of imidazole rings is 1. The van der Waals surface area contributed by atoms with Crippen molar-refractivity contribution in [2.75, 3.05) is 11.9 Å². The van der Waals surface area contributed by atoms with Crippen LogP contribution in [-0.2, 0) is 6.54 Å². The van der Waals surface area contributed by atoms with Crippen LogP contribution in [0.25, 0.3) is 0 Å². The fourth-order valence-electron chi connectivity index (χ4n) is 1.31. The summed E-state index contributed by atoms with van der Waals surface area (Å²) in [5.74, 6) is -0.296. The van der Waals surface area contributed by atoms with Crippen molar-refractivity contribution >= 4 is 11.6 Å². The SMILES string of the molecule is NCCn1cnc(C(=O)Nc2cncnc2)c1. The summed E-state index contributed by atoms with van der Waals surface area (Å²) in [5, 5.41) is 2.64. The van der Waals surface area contributed by atoms with Crippen LogP contribution in [0.4, 0.5) is 5.69 Å². The van der Waals surface area contributed by atoms with Crippen molar-refractivity contribution in [3.05, 3.63) is 36.9 Å². The lowest BCUT2D eigenvalue weighted by atomic mass is 10.4. The summed E-state index contributed by atoms with van der Waals surface area (Å²) in [5.41, 5.74) is 6.27. The first kappa shape index (κ1) is 11.2. The van der Waals surface area contributed by atoms with Crippen LogP contribution in [-0.4, -0.2) is 32.0 Å². The molecule has 0 fully saturated rings. The van der Waals surface area contributed by atoms with Gasteiger partial charge in [0.15, 0.2) is 0 Å². The molecule has 0 aliphatic rings. The highest BCUT2D eigenvalue weighted by molar-refractivity contribution is 6.02. The second-order valence-electron chi connectivity index (χ2n) is 3.37. The van der Waals surface area contributed by atoms with E-state index in [1.54, 1.807) is 17.1 Å². The van der Waals surface area contributed by atoms with Gasteiger partial charge in [-0.3, -0.25) is 4.79 Å². The molecule has 1 amide bonds. The van der Waals surface area contributed by atoms with Crippen LogP contribution in [0.2, 0.25) is 0 Å². The molecule has 88 valence electrons. The second-order valence-corrected chi connectivity index (χ2v) is 3.37. The van der Waals surface area contributed by atoms with Gasteiger partial charge in [0.1, 0.15) is 12.0 Å². The fourth-order valence-corrected chi connectivity index (χ4v) is 1.31. The van der Waals surface area contributed by atoms with Gasteiger partial charge in [-0.15, -0.1) is 0 Å². The van der Waals surface area contributed by atoms with Crippen LogP contribution >= 0.6 is 0 Å². The number of hydrogen-bond acceptors (Lipinski definition) is 5. The number of hydrogen-bond donors (Lipinski definition) is 2. The number of aromatic nitrogens is 4. The molecule has 0 aromatic carbocycles. The van der Waals surface area contributed by atoms with E-state index in [2.05, 4.69) is 20.3 Å². The molecule has 0 spiro atoms. The molecule has 0 unspecified atom stereocenters. The summed E-state index contributed by atoms with van der Waals surface area (Å²) in [4.78, 5) is 23.3. The standard InChI is InChI=1S/C10H12N6O/c11-1-2-16-5-9(14-7-16)10(17)15-8-3-12-6-13-4-8/h3-7H,1-2,11H2,(H,15,17). The van der Waals surface area contributed by atoms with E-state index in [1.165, 1.54) is 18.7 Å². The Kier molecular flexibility index (Phi) is 3.41. The average molecular weight is 232 g/mol. The topological polar surface area (TPSA) is 98.7 Å². The van der Waals surface area contributed by atoms with E-state index in [-0.39, 0.29) is 5.91 Å². The molecule has 2 aromatic heterocycles. The van der Waals surface area contributed by atoms with Gasteiger partial charge in [0.05, 0.1) is 24.4 Å². The lowest BCUT2D eigenvalue weighted by molar-refractivity contribution is 0.102. The molecule has 17 heavy (non-hydrogen) atoms. The molecule has 0 aliphatic carbocycles. The largest absolute Gasteiger partial charge is 0.335 e. The van der Waals surface area contributed by atoms with Gasteiger partial charge in [0.25, 0.3) is 5.91 Å². The predicted octanol–water partition coefficient (Wildman–Crippen LogP) is -0.116. The van der Waals surface area contributed by atoms with Gasteiger partial charge in [-0.05, 0) is 0 Å². The Morgan fingerprint density at radius 1 is 1.41 bits per heavy atom. The Morgan fingerprint density at radius 2 is 2.18 bits per heavy atom. The maximum Gasteiger partial charge on any atom is 0.275 e. The molecule has 0 radical (unpaired) electrons. The van der Waals surface area contributed by atoms with Crippen molar-refractivity contribution in [3.63, 3.8) is 0 Å². The molecule has 7 heteroatoms. The van der Waals surface area contributed by atoms with Gasteiger partial charge in [-0.25, -0.2) is 15.0 Å². The molecule has 2 aromatic rings. The molecule has 3 N–H and O–H groups in total. The van der Waals surface area contributed by atoms with Gasteiger partial charge in [0, 0.05) is 19.3 Å². The summed E-state index contributed by atoms with van der Waals surface area (Å²) >= 11 is 0. The van der Waals surface area contributed by atoms with Crippen molar-refractivity contribution in [3.8, 4) is 0 Å². The number of carbonyl (C=O) groups is 1. The number of amides is 1. The molecule has 2 rings (SSSR count). The van der Waals surface area contributed by atoms with Crippen LogP contribution in [0.15, 0.2) is 31.2 Å². The minimum Gasteiger partial charge on any atom is -0.335 e. The van der Waals surface area contributed by atoms with E-state index >= 15 is 0 Å². The summed E-state index contributed by atoms with van der Waals surface area (Å²) in [7, 11) is 0. The first-order valence-corrected chi connectivity index (χ1v) is 5.08. The quantitative estimate of drug-likeness (QED) is 0.766. The molecule has 0 bridgehead atoms. The summed E-state index contributed by atoms with van der Waals surface area (Å²) in [6.45, 7) is 1.14. The highest BCUT2D eigenvalue weighted by atomic mass is 16.1. The minimum absolute atomic E-state index is 0.296. The molecule has 0 saturated heterocycles. The number of rotatable bonds is 4. The van der Waals surface area contributed by atoms with Gasteiger partial charge >= 0.3 is 0 Å². The van der Waals surface area contributed by atoms with Crippen molar-refractivity contribution in [2.24, 2.45) is 5.73 Å². The lowest BCUT2D eigenvalue weighted by Crippen LogP contribution is -2.13. The second kappa shape index (κ2) is 5.17. The number of nitrogens with two attached hydrogens (primary N) is 1. The zero-order valence-electron chi connectivity index (χ0n) is 9.08. The molecule has 0 saturated carbocycles. The Bertz CT molecular complexity index is 495. The van der Waals surface area contributed by atoms with E-state index < -0.39 is 0 Å². The smallest absolute Gasteiger partial charge is 0.275 e. The summed E-state index contributed by atoms with van der Waals surface area (Å²) < 4.78 is 1.76. The maximum absolute atomic E-state index is 11.8. The van der Waals surface area contributed by atoms with Crippen molar-refractivity contribution in [1.29, 1.82) is 0 Å².